The Morgan fingerprint density at radius 3 is 2.56 bits per heavy atom. The molecule has 1 rings (SSSR count). The average molecular weight is 242 g/mol. The predicted molar refractivity (Wildman–Crippen MR) is 74.5 cm³/mol. The standard InChI is InChI=1S/C13H26N2S/c1-9(2)8-14-13(16)15-12-6-5-10(3)7-11(12)4/h9-12H,5-8H2,1-4H3,(H2,14,15,16). The fraction of sp³-hybridized carbons (Fsp3) is 0.923. The third-order valence-corrected chi connectivity index (χ3v) is 3.68. The molecule has 16 heavy (non-hydrogen) atoms. The fourth-order valence-corrected chi connectivity index (χ4v) is 2.63. The molecule has 0 radical (unpaired) electrons. The lowest BCUT2D eigenvalue weighted by Crippen LogP contribution is -2.47. The van der Waals surface area contributed by atoms with Crippen molar-refractivity contribution < 1.29 is 0 Å². The van der Waals surface area contributed by atoms with Crippen LogP contribution in [0.15, 0.2) is 0 Å². The summed E-state index contributed by atoms with van der Waals surface area (Å²) in [4.78, 5) is 0. The van der Waals surface area contributed by atoms with E-state index < -0.39 is 0 Å². The Bertz CT molecular complexity index is 228. The highest BCUT2D eigenvalue weighted by Gasteiger charge is 2.25. The van der Waals surface area contributed by atoms with Crippen LogP contribution >= 0.6 is 12.2 Å². The van der Waals surface area contributed by atoms with Crippen LogP contribution in [0.3, 0.4) is 0 Å². The van der Waals surface area contributed by atoms with Gasteiger partial charge in [0.15, 0.2) is 5.11 Å². The predicted octanol–water partition coefficient (Wildman–Crippen LogP) is 2.93. The van der Waals surface area contributed by atoms with Gasteiger partial charge in [0.1, 0.15) is 0 Å². The van der Waals surface area contributed by atoms with Gasteiger partial charge in [-0.25, -0.2) is 0 Å². The molecule has 1 saturated carbocycles. The van der Waals surface area contributed by atoms with Crippen molar-refractivity contribution in [1.29, 1.82) is 0 Å². The fourth-order valence-electron chi connectivity index (χ4n) is 2.40. The molecule has 0 saturated heterocycles. The Hall–Kier alpha value is -0.310. The second-order valence-corrected chi connectivity index (χ2v) is 6.16. The van der Waals surface area contributed by atoms with Gasteiger partial charge in [0.2, 0.25) is 0 Å². The molecule has 0 aromatic heterocycles. The van der Waals surface area contributed by atoms with E-state index in [1.807, 2.05) is 0 Å². The molecule has 1 aliphatic carbocycles. The van der Waals surface area contributed by atoms with E-state index in [1.165, 1.54) is 19.3 Å². The van der Waals surface area contributed by atoms with Crippen molar-refractivity contribution in [3.05, 3.63) is 0 Å². The Balaban J connectivity index is 2.28. The Morgan fingerprint density at radius 2 is 2.00 bits per heavy atom. The van der Waals surface area contributed by atoms with Crippen LogP contribution in [0.2, 0.25) is 0 Å². The van der Waals surface area contributed by atoms with E-state index in [2.05, 4.69) is 38.3 Å². The Labute approximate surface area is 106 Å². The molecular formula is C13H26N2S. The first-order chi connectivity index (χ1) is 7.49. The lowest BCUT2D eigenvalue weighted by Gasteiger charge is -2.34. The maximum absolute atomic E-state index is 5.31. The maximum atomic E-state index is 5.31. The summed E-state index contributed by atoms with van der Waals surface area (Å²) in [5, 5.41) is 7.58. The van der Waals surface area contributed by atoms with Gasteiger partial charge < -0.3 is 10.6 Å². The normalized spacial score (nSPS) is 30.2. The van der Waals surface area contributed by atoms with Crippen molar-refractivity contribution in [3.8, 4) is 0 Å². The third kappa shape index (κ3) is 4.69. The van der Waals surface area contributed by atoms with E-state index in [0.717, 1.165) is 23.5 Å². The van der Waals surface area contributed by atoms with Gasteiger partial charge in [-0.3, -0.25) is 0 Å². The number of hydrogen-bond donors (Lipinski definition) is 2. The largest absolute Gasteiger partial charge is 0.362 e. The van der Waals surface area contributed by atoms with Gasteiger partial charge in [0.05, 0.1) is 0 Å². The first kappa shape index (κ1) is 13.8. The molecule has 2 N–H and O–H groups in total. The highest BCUT2D eigenvalue weighted by molar-refractivity contribution is 7.80. The monoisotopic (exact) mass is 242 g/mol. The number of nitrogens with one attached hydrogen (secondary N) is 2. The smallest absolute Gasteiger partial charge is 0.166 e. The van der Waals surface area contributed by atoms with E-state index >= 15 is 0 Å². The van der Waals surface area contributed by atoms with Crippen LogP contribution in [-0.4, -0.2) is 17.7 Å². The minimum Gasteiger partial charge on any atom is -0.362 e. The molecule has 0 amide bonds. The molecule has 3 heteroatoms. The molecule has 3 atom stereocenters. The quantitative estimate of drug-likeness (QED) is 0.744. The van der Waals surface area contributed by atoms with Gasteiger partial charge in [-0.1, -0.05) is 27.7 Å². The zero-order chi connectivity index (χ0) is 12.1. The summed E-state index contributed by atoms with van der Waals surface area (Å²) in [6, 6.07) is 0.573. The molecule has 0 aromatic rings. The van der Waals surface area contributed by atoms with E-state index in [4.69, 9.17) is 12.2 Å². The molecule has 1 aliphatic rings. The second-order valence-electron chi connectivity index (χ2n) is 5.75. The van der Waals surface area contributed by atoms with E-state index in [1.54, 1.807) is 0 Å². The van der Waals surface area contributed by atoms with Crippen LogP contribution in [0, 0.1) is 17.8 Å². The van der Waals surface area contributed by atoms with Crippen molar-refractivity contribution in [1.82, 2.24) is 10.6 Å². The lowest BCUT2D eigenvalue weighted by atomic mass is 9.80. The van der Waals surface area contributed by atoms with Crippen LogP contribution in [0.5, 0.6) is 0 Å². The summed E-state index contributed by atoms with van der Waals surface area (Å²) in [5.74, 6) is 2.26. The van der Waals surface area contributed by atoms with Gasteiger partial charge in [-0.2, -0.15) is 0 Å². The molecule has 0 heterocycles. The molecule has 1 fully saturated rings. The summed E-state index contributed by atoms with van der Waals surface area (Å²) in [7, 11) is 0. The first-order valence-corrected chi connectivity index (χ1v) is 6.94. The Morgan fingerprint density at radius 1 is 1.31 bits per heavy atom. The number of thiocarbonyl (C=S) groups is 1. The van der Waals surface area contributed by atoms with Crippen molar-refractivity contribution in [2.24, 2.45) is 17.8 Å². The molecular weight excluding hydrogens is 216 g/mol. The van der Waals surface area contributed by atoms with Gasteiger partial charge >= 0.3 is 0 Å². The summed E-state index contributed by atoms with van der Waals surface area (Å²) in [6.45, 7) is 10.0. The van der Waals surface area contributed by atoms with E-state index in [0.29, 0.717) is 12.0 Å². The van der Waals surface area contributed by atoms with Crippen molar-refractivity contribution >= 4 is 17.3 Å². The van der Waals surface area contributed by atoms with Crippen molar-refractivity contribution in [2.45, 2.75) is 53.0 Å². The Kier molecular flexibility index (Phi) is 5.53. The van der Waals surface area contributed by atoms with Gasteiger partial charge in [-0.05, 0) is 49.2 Å². The van der Waals surface area contributed by atoms with Crippen LogP contribution in [0.4, 0.5) is 0 Å². The zero-order valence-corrected chi connectivity index (χ0v) is 11.9. The van der Waals surface area contributed by atoms with Crippen molar-refractivity contribution in [2.75, 3.05) is 6.54 Å². The SMILES string of the molecule is CC(C)CNC(=S)NC1CCC(C)CC1C. The summed E-state index contributed by atoms with van der Waals surface area (Å²) < 4.78 is 0. The topological polar surface area (TPSA) is 24.1 Å². The molecule has 0 spiro atoms. The van der Waals surface area contributed by atoms with Crippen LogP contribution in [0.1, 0.15) is 47.0 Å². The number of hydrogen-bond acceptors (Lipinski definition) is 1. The molecule has 2 nitrogen and oxygen atoms in total. The summed E-state index contributed by atoms with van der Waals surface area (Å²) in [5.41, 5.74) is 0. The summed E-state index contributed by atoms with van der Waals surface area (Å²) in [6.07, 6.45) is 3.91. The maximum Gasteiger partial charge on any atom is 0.166 e. The zero-order valence-electron chi connectivity index (χ0n) is 11.0. The average Bonchev–Trinajstić information content (AvgIpc) is 2.19. The van der Waals surface area contributed by atoms with E-state index in [-0.39, 0.29) is 0 Å². The lowest BCUT2D eigenvalue weighted by molar-refractivity contribution is 0.247. The summed E-state index contributed by atoms with van der Waals surface area (Å²) >= 11 is 5.31. The molecule has 0 aromatic carbocycles. The number of rotatable bonds is 3. The highest BCUT2D eigenvalue weighted by atomic mass is 32.1. The van der Waals surface area contributed by atoms with Crippen LogP contribution in [-0.2, 0) is 0 Å². The van der Waals surface area contributed by atoms with E-state index in [9.17, 15) is 0 Å². The van der Waals surface area contributed by atoms with Crippen LogP contribution in [0.25, 0.3) is 0 Å². The highest BCUT2D eigenvalue weighted by Crippen LogP contribution is 2.28. The minimum absolute atomic E-state index is 0.573. The molecule has 3 unspecified atom stereocenters. The second kappa shape index (κ2) is 6.43. The third-order valence-electron chi connectivity index (χ3n) is 3.42. The van der Waals surface area contributed by atoms with Gasteiger partial charge in [0, 0.05) is 12.6 Å². The van der Waals surface area contributed by atoms with Gasteiger partial charge in [0.25, 0.3) is 0 Å². The van der Waals surface area contributed by atoms with Gasteiger partial charge in [-0.15, -0.1) is 0 Å². The molecule has 0 bridgehead atoms. The minimum atomic E-state index is 0.573. The first-order valence-electron chi connectivity index (χ1n) is 6.53. The van der Waals surface area contributed by atoms with Crippen LogP contribution < -0.4 is 10.6 Å². The molecule has 94 valence electrons. The van der Waals surface area contributed by atoms with Crippen molar-refractivity contribution in [3.63, 3.8) is 0 Å². The molecule has 0 aliphatic heterocycles.